The predicted molar refractivity (Wildman–Crippen MR) is 89.2 cm³/mol. The van der Waals surface area contributed by atoms with Crippen LogP contribution in [-0.2, 0) is 14.3 Å². The fourth-order valence-electron chi connectivity index (χ4n) is 3.53. The molecule has 1 aliphatic rings. The molecule has 1 heterocycles. The van der Waals surface area contributed by atoms with E-state index in [0.29, 0.717) is 6.42 Å². The largest absolute Gasteiger partial charge is 0.480 e. The average molecular weight is 326 g/mol. The number of nitrogens with one attached hydrogen (secondary N) is 2. The molecule has 1 amide bonds. The topological polar surface area (TPSA) is 87.7 Å². The summed E-state index contributed by atoms with van der Waals surface area (Å²) in [6, 6.07) is -1.11. The molecule has 0 aromatic heterocycles. The molecule has 3 N–H and O–H groups in total. The highest BCUT2D eigenvalue weighted by molar-refractivity contribution is 5.75. The third-order valence-corrected chi connectivity index (χ3v) is 4.69. The Morgan fingerprint density at radius 1 is 1.52 bits per heavy atom. The van der Waals surface area contributed by atoms with Crippen LogP contribution in [0.1, 0.15) is 47.0 Å². The summed E-state index contributed by atoms with van der Waals surface area (Å²) >= 11 is 0. The molecule has 6 nitrogen and oxygen atoms in total. The number of hydrogen-bond acceptors (Lipinski definition) is 4. The zero-order valence-electron chi connectivity index (χ0n) is 14.8. The van der Waals surface area contributed by atoms with Crippen LogP contribution in [0.5, 0.6) is 0 Å². The van der Waals surface area contributed by atoms with Gasteiger partial charge in [0.1, 0.15) is 6.04 Å². The summed E-state index contributed by atoms with van der Waals surface area (Å²) < 4.78 is 5.75. The van der Waals surface area contributed by atoms with E-state index in [1.807, 2.05) is 26.0 Å². The van der Waals surface area contributed by atoms with Crippen LogP contribution < -0.4 is 10.6 Å². The molecular formula is C17H30N2O4. The number of rotatable bonds is 8. The molecule has 1 fully saturated rings. The van der Waals surface area contributed by atoms with E-state index >= 15 is 0 Å². The maximum absolute atomic E-state index is 11.7. The Kier molecular flexibility index (Phi) is 7.22. The number of ether oxygens (including phenoxy) is 1. The second kappa shape index (κ2) is 8.45. The maximum atomic E-state index is 11.7. The molecule has 5 atom stereocenters. The summed E-state index contributed by atoms with van der Waals surface area (Å²) in [6.07, 6.45) is 6.12. The van der Waals surface area contributed by atoms with E-state index in [2.05, 4.69) is 17.6 Å². The summed E-state index contributed by atoms with van der Waals surface area (Å²) in [7, 11) is 1.64. The van der Waals surface area contributed by atoms with Crippen molar-refractivity contribution < 1.29 is 19.4 Å². The van der Waals surface area contributed by atoms with Crippen LogP contribution in [0.3, 0.4) is 0 Å². The monoisotopic (exact) mass is 326 g/mol. The van der Waals surface area contributed by atoms with Gasteiger partial charge in [0.25, 0.3) is 0 Å². The van der Waals surface area contributed by atoms with E-state index in [-0.39, 0.29) is 23.9 Å². The molecule has 1 saturated heterocycles. The standard InChI is InChI=1S/C17H30N2O4/c1-6-8-12-10-13(16(21)22)19-14(12)15(18-11(3)20)17(4,23-5)9-7-2/h6,8,12-15,19H,7,9-10H2,1-5H3,(H,18,20)(H,21,22)/t12-,13-,14-,15-,17+/m1/s1. The zero-order chi connectivity index (χ0) is 17.6. The summed E-state index contributed by atoms with van der Waals surface area (Å²) in [6.45, 7) is 7.43. The molecule has 0 radical (unpaired) electrons. The first kappa shape index (κ1) is 19.6. The SMILES string of the molecule is CC=C[C@@H]1C[C@H](C(=O)O)N[C@H]1[C@@H](NC(C)=O)[C@](C)(CCC)OC. The Morgan fingerprint density at radius 2 is 2.17 bits per heavy atom. The molecule has 0 bridgehead atoms. The van der Waals surface area contributed by atoms with E-state index in [1.165, 1.54) is 6.92 Å². The zero-order valence-corrected chi connectivity index (χ0v) is 14.8. The third kappa shape index (κ3) is 4.78. The van der Waals surface area contributed by atoms with Crippen LogP contribution >= 0.6 is 0 Å². The first-order valence-electron chi connectivity index (χ1n) is 8.23. The summed E-state index contributed by atoms with van der Waals surface area (Å²) in [5, 5.41) is 15.5. The lowest BCUT2D eigenvalue weighted by atomic mass is 9.81. The molecule has 0 spiro atoms. The van der Waals surface area contributed by atoms with E-state index in [1.54, 1.807) is 7.11 Å². The van der Waals surface area contributed by atoms with Gasteiger partial charge in [-0.1, -0.05) is 25.5 Å². The Hall–Kier alpha value is -1.40. The van der Waals surface area contributed by atoms with Crippen molar-refractivity contribution in [1.82, 2.24) is 10.6 Å². The minimum absolute atomic E-state index is 0.0317. The Balaban J connectivity index is 3.16. The molecule has 0 unspecified atom stereocenters. The molecule has 0 aromatic carbocycles. The second-order valence-electron chi connectivity index (χ2n) is 6.45. The Morgan fingerprint density at radius 3 is 2.61 bits per heavy atom. The number of amides is 1. The third-order valence-electron chi connectivity index (χ3n) is 4.69. The highest BCUT2D eigenvalue weighted by Gasteiger charge is 2.47. The summed E-state index contributed by atoms with van der Waals surface area (Å²) in [5.41, 5.74) is -0.564. The van der Waals surface area contributed by atoms with Crippen molar-refractivity contribution in [2.75, 3.05) is 7.11 Å². The van der Waals surface area contributed by atoms with Gasteiger partial charge in [0, 0.05) is 20.1 Å². The molecule has 0 aliphatic carbocycles. The highest BCUT2D eigenvalue weighted by atomic mass is 16.5. The number of carboxylic acid groups (broad SMARTS) is 1. The van der Waals surface area contributed by atoms with Crippen molar-refractivity contribution >= 4 is 11.9 Å². The average Bonchev–Trinajstić information content (AvgIpc) is 2.89. The fraction of sp³-hybridized carbons (Fsp3) is 0.765. The van der Waals surface area contributed by atoms with E-state index in [9.17, 15) is 14.7 Å². The van der Waals surface area contributed by atoms with Crippen molar-refractivity contribution in [3.8, 4) is 0 Å². The van der Waals surface area contributed by atoms with Gasteiger partial charge >= 0.3 is 5.97 Å². The molecule has 23 heavy (non-hydrogen) atoms. The molecular weight excluding hydrogens is 296 g/mol. The van der Waals surface area contributed by atoms with Crippen molar-refractivity contribution in [3.63, 3.8) is 0 Å². The smallest absolute Gasteiger partial charge is 0.320 e. The normalized spacial score (nSPS) is 28.5. The van der Waals surface area contributed by atoms with Crippen molar-refractivity contribution in [2.45, 2.75) is 70.7 Å². The number of hydrogen-bond donors (Lipinski definition) is 3. The van der Waals surface area contributed by atoms with Crippen LogP contribution in [0, 0.1) is 5.92 Å². The molecule has 1 aliphatic heterocycles. The first-order valence-corrected chi connectivity index (χ1v) is 8.23. The van der Waals surface area contributed by atoms with Crippen LogP contribution in [-0.4, -0.2) is 47.8 Å². The van der Waals surface area contributed by atoms with Crippen molar-refractivity contribution in [2.24, 2.45) is 5.92 Å². The van der Waals surface area contributed by atoms with Gasteiger partial charge in [0.15, 0.2) is 0 Å². The lowest BCUT2D eigenvalue weighted by Gasteiger charge is -2.41. The van der Waals surface area contributed by atoms with Gasteiger partial charge in [-0.2, -0.15) is 0 Å². The van der Waals surface area contributed by atoms with Gasteiger partial charge in [0.05, 0.1) is 11.6 Å². The lowest BCUT2D eigenvalue weighted by molar-refractivity contribution is -0.139. The molecule has 0 aromatic rings. The molecule has 0 saturated carbocycles. The number of carboxylic acids is 1. The molecule has 132 valence electrons. The van der Waals surface area contributed by atoms with E-state index in [4.69, 9.17) is 4.74 Å². The minimum Gasteiger partial charge on any atom is -0.480 e. The number of carbonyl (C=O) groups excluding carboxylic acids is 1. The molecule has 6 heteroatoms. The molecule has 1 rings (SSSR count). The predicted octanol–water partition coefficient (Wildman–Crippen LogP) is 1.70. The number of aliphatic carboxylic acids is 1. The van der Waals surface area contributed by atoms with Gasteiger partial charge < -0.3 is 15.2 Å². The first-order chi connectivity index (χ1) is 10.8. The van der Waals surface area contributed by atoms with Gasteiger partial charge in [-0.3, -0.25) is 14.9 Å². The summed E-state index contributed by atoms with van der Waals surface area (Å²) in [5.74, 6) is -0.975. The van der Waals surface area contributed by atoms with Crippen LogP contribution in [0.2, 0.25) is 0 Å². The van der Waals surface area contributed by atoms with Crippen molar-refractivity contribution in [1.29, 1.82) is 0 Å². The van der Waals surface area contributed by atoms with E-state index in [0.717, 1.165) is 12.8 Å². The van der Waals surface area contributed by atoms with Gasteiger partial charge in [0.2, 0.25) is 5.91 Å². The minimum atomic E-state index is -0.863. The number of allylic oxidation sites excluding steroid dienone is 1. The Labute approximate surface area is 138 Å². The quantitative estimate of drug-likeness (QED) is 0.591. The summed E-state index contributed by atoms with van der Waals surface area (Å²) in [4.78, 5) is 23.1. The van der Waals surface area contributed by atoms with Crippen LogP contribution in [0.15, 0.2) is 12.2 Å². The number of carbonyl (C=O) groups is 2. The van der Waals surface area contributed by atoms with Gasteiger partial charge in [-0.25, -0.2) is 0 Å². The highest BCUT2D eigenvalue weighted by Crippen LogP contribution is 2.32. The van der Waals surface area contributed by atoms with Crippen molar-refractivity contribution in [3.05, 3.63) is 12.2 Å². The fourth-order valence-corrected chi connectivity index (χ4v) is 3.53. The second-order valence-corrected chi connectivity index (χ2v) is 6.45. The Bertz CT molecular complexity index is 452. The van der Waals surface area contributed by atoms with Crippen LogP contribution in [0.4, 0.5) is 0 Å². The van der Waals surface area contributed by atoms with E-state index < -0.39 is 17.6 Å². The van der Waals surface area contributed by atoms with Crippen LogP contribution in [0.25, 0.3) is 0 Å². The number of methoxy groups -OCH3 is 1. The maximum Gasteiger partial charge on any atom is 0.320 e. The van der Waals surface area contributed by atoms with Gasteiger partial charge in [-0.05, 0) is 32.6 Å². The van der Waals surface area contributed by atoms with Gasteiger partial charge in [-0.15, -0.1) is 0 Å². The lowest BCUT2D eigenvalue weighted by Crippen LogP contribution is -2.62.